The molecule has 1 aromatic heterocycles. The van der Waals surface area contributed by atoms with Gasteiger partial charge in [-0.2, -0.15) is 17.0 Å². The van der Waals surface area contributed by atoms with Crippen molar-refractivity contribution in [3.05, 3.63) is 30.1 Å². The van der Waals surface area contributed by atoms with E-state index in [-0.39, 0.29) is 12.0 Å². The van der Waals surface area contributed by atoms with Gasteiger partial charge in [0.1, 0.15) is 5.82 Å². The Labute approximate surface area is 168 Å². The minimum absolute atomic E-state index is 0.141. The third-order valence-corrected chi connectivity index (χ3v) is 8.29. The van der Waals surface area contributed by atoms with E-state index in [2.05, 4.69) is 31.4 Å². The molecule has 2 saturated heterocycles. The van der Waals surface area contributed by atoms with Gasteiger partial charge in [-0.1, -0.05) is 19.1 Å². The summed E-state index contributed by atoms with van der Waals surface area (Å²) >= 11 is 0. The highest BCUT2D eigenvalue weighted by molar-refractivity contribution is 7.86. The summed E-state index contributed by atoms with van der Waals surface area (Å²) in [6, 6.07) is 8.50. The Kier molecular flexibility index (Phi) is 5.51. The Bertz CT molecular complexity index is 929. The number of aromatic nitrogens is 2. The predicted octanol–water partition coefficient (Wildman–Crippen LogP) is 3.77. The summed E-state index contributed by atoms with van der Waals surface area (Å²) in [6.07, 6.45) is 3.79. The molecule has 1 aromatic carbocycles. The van der Waals surface area contributed by atoms with Crippen LogP contribution in [0.15, 0.2) is 24.3 Å². The lowest BCUT2D eigenvalue weighted by Gasteiger charge is -2.37. The van der Waals surface area contributed by atoms with Crippen molar-refractivity contribution in [2.24, 2.45) is 5.92 Å². The van der Waals surface area contributed by atoms with Gasteiger partial charge >= 0.3 is 0 Å². The molecule has 0 radical (unpaired) electrons. The Hall–Kier alpha value is -1.44. The topological polar surface area (TPSA) is 58.4 Å². The van der Waals surface area contributed by atoms with Gasteiger partial charge in [0.2, 0.25) is 0 Å². The number of benzene rings is 1. The Morgan fingerprint density at radius 2 is 1.75 bits per heavy atom. The van der Waals surface area contributed by atoms with Gasteiger partial charge in [0, 0.05) is 38.1 Å². The Balaban J connectivity index is 1.61. The second kappa shape index (κ2) is 7.76. The summed E-state index contributed by atoms with van der Waals surface area (Å²) in [5.74, 6) is 1.79. The van der Waals surface area contributed by atoms with Crippen LogP contribution in [0.5, 0.6) is 0 Å². The molecule has 1 atom stereocenters. The van der Waals surface area contributed by atoms with Crippen LogP contribution in [0.3, 0.4) is 0 Å². The van der Waals surface area contributed by atoms with Crippen LogP contribution in [0.25, 0.3) is 11.0 Å². The molecule has 3 heterocycles. The first-order valence-electron chi connectivity index (χ1n) is 10.6. The molecule has 0 spiro atoms. The maximum Gasteiger partial charge on any atom is 0.281 e. The van der Waals surface area contributed by atoms with Crippen molar-refractivity contribution in [3.63, 3.8) is 0 Å². The van der Waals surface area contributed by atoms with E-state index in [1.807, 2.05) is 18.2 Å². The average Bonchev–Trinajstić information content (AvgIpc) is 3.08. The van der Waals surface area contributed by atoms with E-state index in [1.54, 1.807) is 8.61 Å². The van der Waals surface area contributed by atoms with Crippen LogP contribution in [0.2, 0.25) is 0 Å². The van der Waals surface area contributed by atoms with E-state index in [0.29, 0.717) is 32.1 Å². The Morgan fingerprint density at radius 3 is 2.46 bits per heavy atom. The first kappa shape index (κ1) is 19.9. The molecule has 2 aromatic rings. The zero-order valence-electron chi connectivity index (χ0n) is 17.2. The summed E-state index contributed by atoms with van der Waals surface area (Å²) in [7, 11) is -3.38. The number of imidazole rings is 1. The highest BCUT2D eigenvalue weighted by Gasteiger charge is 2.37. The standard InChI is InChI=1S/C21H32N4O2S/c1-16(2)25-20-9-5-4-8-19(20)22-21(25)18-7-6-12-24(15-18)28(26,27)23-13-10-17(3)11-14-23/h4-5,8-9,16-18H,6-7,10-15H2,1-3H3/t18-/m0/s1. The van der Waals surface area contributed by atoms with Crippen molar-refractivity contribution < 1.29 is 8.42 Å². The minimum Gasteiger partial charge on any atom is -0.325 e. The summed E-state index contributed by atoms with van der Waals surface area (Å²) < 4.78 is 32.2. The molecule has 2 aliphatic rings. The lowest BCUT2D eigenvalue weighted by molar-refractivity contribution is 0.242. The minimum atomic E-state index is -3.38. The van der Waals surface area contributed by atoms with Crippen molar-refractivity contribution >= 4 is 21.2 Å². The molecule has 2 fully saturated rings. The molecule has 0 aliphatic carbocycles. The highest BCUT2D eigenvalue weighted by Crippen LogP contribution is 2.33. The Morgan fingerprint density at radius 1 is 1.04 bits per heavy atom. The van der Waals surface area contributed by atoms with E-state index in [1.165, 1.54) is 0 Å². The van der Waals surface area contributed by atoms with Gasteiger partial charge in [0.05, 0.1) is 11.0 Å². The monoisotopic (exact) mass is 404 g/mol. The normalized spacial score (nSPS) is 23.6. The fourth-order valence-electron chi connectivity index (χ4n) is 4.64. The largest absolute Gasteiger partial charge is 0.325 e. The smallest absolute Gasteiger partial charge is 0.281 e. The van der Waals surface area contributed by atoms with Crippen molar-refractivity contribution in [1.29, 1.82) is 0 Å². The number of nitrogens with zero attached hydrogens (tertiary/aromatic N) is 4. The number of hydrogen-bond donors (Lipinski definition) is 0. The van der Waals surface area contributed by atoms with Gasteiger partial charge in [-0.25, -0.2) is 4.98 Å². The van der Waals surface area contributed by atoms with Crippen molar-refractivity contribution in [2.75, 3.05) is 26.2 Å². The van der Waals surface area contributed by atoms with E-state index in [9.17, 15) is 8.42 Å². The van der Waals surface area contributed by atoms with Gasteiger partial charge in [0.25, 0.3) is 10.2 Å². The first-order chi connectivity index (χ1) is 13.4. The highest BCUT2D eigenvalue weighted by atomic mass is 32.2. The maximum absolute atomic E-state index is 13.2. The van der Waals surface area contributed by atoms with Crippen LogP contribution >= 0.6 is 0 Å². The van der Waals surface area contributed by atoms with E-state index in [0.717, 1.165) is 42.5 Å². The van der Waals surface area contributed by atoms with Crippen molar-refractivity contribution in [2.45, 2.75) is 58.4 Å². The molecule has 154 valence electrons. The van der Waals surface area contributed by atoms with Crippen LogP contribution in [0.4, 0.5) is 0 Å². The predicted molar refractivity (Wildman–Crippen MR) is 113 cm³/mol. The van der Waals surface area contributed by atoms with Crippen LogP contribution in [-0.4, -0.2) is 52.8 Å². The van der Waals surface area contributed by atoms with Gasteiger partial charge in [-0.05, 0) is 57.6 Å². The summed E-state index contributed by atoms with van der Waals surface area (Å²) in [5.41, 5.74) is 2.13. The molecule has 0 amide bonds. The lowest BCUT2D eigenvalue weighted by atomic mass is 9.98. The molecule has 0 unspecified atom stereocenters. The van der Waals surface area contributed by atoms with Gasteiger partial charge in [0.15, 0.2) is 0 Å². The zero-order chi connectivity index (χ0) is 19.9. The van der Waals surface area contributed by atoms with Gasteiger partial charge in [-0.15, -0.1) is 0 Å². The lowest BCUT2D eigenvalue weighted by Crippen LogP contribution is -2.50. The van der Waals surface area contributed by atoms with Crippen LogP contribution in [0, 0.1) is 5.92 Å². The molecule has 0 N–H and O–H groups in total. The number of piperidine rings is 2. The maximum atomic E-state index is 13.2. The molecule has 0 bridgehead atoms. The molecule has 6 nitrogen and oxygen atoms in total. The first-order valence-corrected chi connectivity index (χ1v) is 12.0. The van der Waals surface area contributed by atoms with E-state index in [4.69, 9.17) is 4.98 Å². The molecular formula is C21H32N4O2S. The fraction of sp³-hybridized carbons (Fsp3) is 0.667. The summed E-state index contributed by atoms with van der Waals surface area (Å²) in [5, 5.41) is 0. The fourth-order valence-corrected chi connectivity index (χ4v) is 6.36. The second-order valence-corrected chi connectivity index (χ2v) is 10.6. The van der Waals surface area contributed by atoms with Crippen LogP contribution < -0.4 is 0 Å². The van der Waals surface area contributed by atoms with E-state index >= 15 is 0 Å². The quantitative estimate of drug-likeness (QED) is 0.779. The van der Waals surface area contributed by atoms with Crippen molar-refractivity contribution in [1.82, 2.24) is 18.2 Å². The third kappa shape index (κ3) is 3.60. The van der Waals surface area contributed by atoms with Crippen LogP contribution in [0.1, 0.15) is 64.2 Å². The van der Waals surface area contributed by atoms with Gasteiger partial charge < -0.3 is 4.57 Å². The average molecular weight is 405 g/mol. The summed E-state index contributed by atoms with van der Waals surface area (Å²) in [4.78, 5) is 4.92. The number of fused-ring (bicyclic) bond motifs is 1. The third-order valence-electron chi connectivity index (χ3n) is 6.28. The van der Waals surface area contributed by atoms with E-state index < -0.39 is 10.2 Å². The number of rotatable bonds is 4. The SMILES string of the molecule is CC1CCN(S(=O)(=O)N2CCC[C@H](c3nc4ccccc4n3C(C)C)C2)CC1. The summed E-state index contributed by atoms with van der Waals surface area (Å²) in [6.45, 7) is 8.99. The number of para-hydroxylation sites is 2. The number of hydrogen-bond acceptors (Lipinski definition) is 3. The second-order valence-electron chi connectivity index (χ2n) is 8.71. The molecule has 28 heavy (non-hydrogen) atoms. The molecule has 7 heteroatoms. The molecular weight excluding hydrogens is 372 g/mol. The van der Waals surface area contributed by atoms with Crippen molar-refractivity contribution in [3.8, 4) is 0 Å². The molecule has 2 aliphatic heterocycles. The zero-order valence-corrected chi connectivity index (χ0v) is 18.0. The molecule has 4 rings (SSSR count). The molecule has 0 saturated carbocycles. The van der Waals surface area contributed by atoms with Crippen LogP contribution in [-0.2, 0) is 10.2 Å². The van der Waals surface area contributed by atoms with Gasteiger partial charge in [-0.3, -0.25) is 0 Å².